The van der Waals surface area contributed by atoms with E-state index in [1.807, 2.05) is 63.6 Å². The zero-order valence-corrected chi connectivity index (χ0v) is 29.1. The Kier molecular flexibility index (Phi) is 15.3. The van der Waals surface area contributed by atoms with Gasteiger partial charge in [0.2, 0.25) is 5.91 Å². The molecule has 2 aromatic rings. The average Bonchev–Trinajstić information content (AvgIpc) is 3.44. The minimum atomic E-state index is -0.657. The zero-order chi connectivity index (χ0) is 34.6. The minimum Gasteiger partial charge on any atom is -0.447 e. The second-order valence-electron chi connectivity index (χ2n) is 10.9. The van der Waals surface area contributed by atoms with Crippen LogP contribution >= 0.6 is 11.6 Å². The smallest absolute Gasteiger partial charge is 0.410 e. The summed E-state index contributed by atoms with van der Waals surface area (Å²) >= 11 is 6.62. The van der Waals surface area contributed by atoms with E-state index in [0.29, 0.717) is 31.2 Å². The number of aromatic nitrogens is 2. The molecule has 2 aliphatic rings. The lowest BCUT2D eigenvalue weighted by Gasteiger charge is -2.42. The van der Waals surface area contributed by atoms with Gasteiger partial charge in [0.15, 0.2) is 0 Å². The Bertz CT molecular complexity index is 1360. The lowest BCUT2D eigenvalue weighted by molar-refractivity contribution is -0.130. The van der Waals surface area contributed by atoms with Crippen LogP contribution in [0, 0.1) is 0 Å². The highest BCUT2D eigenvalue weighted by Gasteiger charge is 2.39. The predicted molar refractivity (Wildman–Crippen MR) is 186 cm³/mol. The van der Waals surface area contributed by atoms with Gasteiger partial charge < -0.3 is 29.6 Å². The summed E-state index contributed by atoms with van der Waals surface area (Å²) in [7, 11) is 3.39. The summed E-state index contributed by atoms with van der Waals surface area (Å²) < 4.78 is 12.6. The number of fused-ring (bicyclic) bond motifs is 1. The van der Waals surface area contributed by atoms with Gasteiger partial charge in [0.05, 0.1) is 42.4 Å². The number of nitrogens with zero attached hydrogens (tertiary/aromatic N) is 4. The molecule has 0 saturated carbocycles. The number of nitrogens with one attached hydrogen (secondary N) is 2. The molecule has 10 nitrogen and oxygen atoms in total. The monoisotopic (exact) mass is 654 g/mol. The van der Waals surface area contributed by atoms with E-state index in [2.05, 4.69) is 46.8 Å². The number of benzene rings is 1. The van der Waals surface area contributed by atoms with E-state index in [-0.39, 0.29) is 30.2 Å². The van der Waals surface area contributed by atoms with E-state index in [1.54, 1.807) is 30.5 Å². The molecule has 2 N–H and O–H groups in total. The molecule has 1 aliphatic carbocycles. The molecule has 4 unspecified atom stereocenters. The molecule has 4 rings (SSSR count). The van der Waals surface area contributed by atoms with Gasteiger partial charge in [0, 0.05) is 45.4 Å². The quantitative estimate of drug-likeness (QED) is 0.318. The molecule has 1 aromatic carbocycles. The van der Waals surface area contributed by atoms with Crippen molar-refractivity contribution >= 4 is 29.2 Å². The van der Waals surface area contributed by atoms with Crippen LogP contribution in [0.3, 0.4) is 0 Å². The van der Waals surface area contributed by atoms with Crippen LogP contribution in [0.5, 0.6) is 0 Å². The fourth-order valence-corrected chi connectivity index (χ4v) is 5.71. The van der Waals surface area contributed by atoms with Crippen LogP contribution in [0.25, 0.3) is 5.57 Å². The molecule has 2 amide bonds. The third-order valence-electron chi connectivity index (χ3n) is 7.77. The second kappa shape index (κ2) is 18.3. The number of carbonyl (C=O) groups is 2. The Morgan fingerprint density at radius 1 is 1.13 bits per heavy atom. The van der Waals surface area contributed by atoms with E-state index in [1.165, 1.54) is 7.11 Å². The molecule has 1 fully saturated rings. The number of methoxy groups -OCH3 is 1. The molecule has 4 atom stereocenters. The molecule has 1 aliphatic heterocycles. The zero-order valence-electron chi connectivity index (χ0n) is 28.4. The van der Waals surface area contributed by atoms with Gasteiger partial charge in [-0.15, -0.1) is 13.2 Å². The maximum Gasteiger partial charge on any atom is 0.410 e. The largest absolute Gasteiger partial charge is 0.447 e. The molecule has 1 saturated heterocycles. The van der Waals surface area contributed by atoms with Crippen molar-refractivity contribution in [1.82, 2.24) is 30.0 Å². The lowest BCUT2D eigenvalue weighted by atomic mass is 9.89. The van der Waals surface area contributed by atoms with Crippen molar-refractivity contribution in [2.24, 2.45) is 7.05 Å². The van der Waals surface area contributed by atoms with Crippen LogP contribution in [0.2, 0.25) is 5.02 Å². The molecule has 46 heavy (non-hydrogen) atoms. The number of ether oxygens (including phenoxy) is 2. The standard InChI is InChI=1S/C31H41ClN6O4.C2H6.C2H4/c1-8-34-27-20(4)15-25(28(26-17-33-18-36(26)6)35-30(39)21(5)41-7)24-16-22(32)9-10-23(24)29(27)37-11-13-38(14-12-37)31(40)42-19(2)3;2*1-2/h8-10,15-19,21,27-29,34H,1,4,11-14H2,2-3,5-7H3,(H,35,39);1-2H3;1-2H2. The molecule has 0 radical (unpaired) electrons. The van der Waals surface area contributed by atoms with Crippen molar-refractivity contribution in [3.8, 4) is 0 Å². The maximum absolute atomic E-state index is 13.2. The Morgan fingerprint density at radius 3 is 2.33 bits per heavy atom. The van der Waals surface area contributed by atoms with E-state index in [0.717, 1.165) is 28.0 Å². The Balaban J connectivity index is 0.00000177. The molecular formula is C35H51ClN6O4. The molecule has 1 aromatic heterocycles. The normalized spacial score (nSPS) is 19.1. The van der Waals surface area contributed by atoms with E-state index in [4.69, 9.17) is 21.1 Å². The highest BCUT2D eigenvalue weighted by atomic mass is 35.5. The van der Waals surface area contributed by atoms with E-state index < -0.39 is 12.1 Å². The fourth-order valence-electron chi connectivity index (χ4n) is 5.54. The second-order valence-corrected chi connectivity index (χ2v) is 11.3. The van der Waals surface area contributed by atoms with Crippen molar-refractivity contribution in [2.75, 3.05) is 33.3 Å². The molecule has 2 heterocycles. The van der Waals surface area contributed by atoms with Crippen molar-refractivity contribution in [1.29, 1.82) is 0 Å². The van der Waals surface area contributed by atoms with Gasteiger partial charge >= 0.3 is 6.09 Å². The summed E-state index contributed by atoms with van der Waals surface area (Å²) in [6.45, 7) is 26.1. The number of piperazine rings is 1. The molecular weight excluding hydrogens is 604 g/mol. The van der Waals surface area contributed by atoms with Gasteiger partial charge in [-0.2, -0.15) is 0 Å². The third kappa shape index (κ3) is 9.11. The average molecular weight is 655 g/mol. The molecule has 0 spiro atoms. The van der Waals surface area contributed by atoms with Gasteiger partial charge in [-0.05, 0) is 61.4 Å². The van der Waals surface area contributed by atoms with Crippen molar-refractivity contribution in [2.45, 2.75) is 65.0 Å². The first kappa shape index (κ1) is 38.3. The van der Waals surface area contributed by atoms with Crippen molar-refractivity contribution < 1.29 is 19.1 Å². The Hall–Kier alpha value is -3.86. The van der Waals surface area contributed by atoms with Crippen LogP contribution in [-0.4, -0.2) is 82.9 Å². The first-order valence-electron chi connectivity index (χ1n) is 15.6. The number of halogens is 1. The van der Waals surface area contributed by atoms with Crippen molar-refractivity contribution in [3.05, 3.63) is 96.7 Å². The van der Waals surface area contributed by atoms with Crippen LogP contribution in [0.15, 0.2) is 74.9 Å². The van der Waals surface area contributed by atoms with Gasteiger partial charge in [-0.25, -0.2) is 9.78 Å². The number of carbonyl (C=O) groups excluding carboxylic acids is 2. The van der Waals surface area contributed by atoms with Crippen LogP contribution in [-0.2, 0) is 21.3 Å². The van der Waals surface area contributed by atoms with Crippen LogP contribution in [0.4, 0.5) is 4.79 Å². The summed E-state index contributed by atoms with van der Waals surface area (Å²) in [5.74, 6) is -0.259. The topological polar surface area (TPSA) is 101 Å². The Morgan fingerprint density at radius 2 is 1.78 bits per heavy atom. The van der Waals surface area contributed by atoms with E-state index >= 15 is 0 Å². The predicted octanol–water partition coefficient (Wildman–Crippen LogP) is 6.05. The first-order valence-corrected chi connectivity index (χ1v) is 16.0. The van der Waals surface area contributed by atoms with Crippen LogP contribution in [0.1, 0.15) is 63.5 Å². The molecule has 0 bridgehead atoms. The van der Waals surface area contributed by atoms with Crippen molar-refractivity contribution in [3.63, 3.8) is 0 Å². The van der Waals surface area contributed by atoms with E-state index in [9.17, 15) is 9.59 Å². The maximum atomic E-state index is 13.2. The number of rotatable bonds is 9. The number of amides is 2. The number of aryl methyl sites for hydroxylation is 1. The summed E-state index contributed by atoms with van der Waals surface area (Å²) in [6.07, 6.45) is 6.00. The third-order valence-corrected chi connectivity index (χ3v) is 8.01. The molecule has 252 valence electrons. The number of imidazole rings is 1. The highest BCUT2D eigenvalue weighted by Crippen LogP contribution is 2.43. The van der Waals surface area contributed by atoms with Gasteiger partial charge in [0.1, 0.15) is 6.10 Å². The Labute approximate surface area is 279 Å². The summed E-state index contributed by atoms with van der Waals surface area (Å²) in [6, 6.07) is 4.87. The SMILES string of the molecule is C=C.C=CNC1C(=C)C=C(C(NC(=O)C(C)OC)c2cncn2C)c2cc(Cl)ccc2C1N1CCN(C(=O)OC(C)C)CC1.CC. The number of hydrogen-bond acceptors (Lipinski definition) is 7. The summed E-state index contributed by atoms with van der Waals surface area (Å²) in [5, 5.41) is 7.17. The molecule has 11 heteroatoms. The van der Waals surface area contributed by atoms with Crippen LogP contribution < -0.4 is 10.6 Å². The minimum absolute atomic E-state index is 0.166. The first-order chi connectivity index (χ1) is 22.0. The summed E-state index contributed by atoms with van der Waals surface area (Å²) in [4.78, 5) is 34.2. The summed E-state index contributed by atoms with van der Waals surface area (Å²) in [5.41, 5.74) is 4.34. The number of hydrogen-bond donors (Lipinski definition) is 2. The van der Waals surface area contributed by atoms with Gasteiger partial charge in [0.25, 0.3) is 0 Å². The highest BCUT2D eigenvalue weighted by molar-refractivity contribution is 6.30. The lowest BCUT2D eigenvalue weighted by Crippen LogP contribution is -2.53. The van der Waals surface area contributed by atoms with Gasteiger partial charge in [-0.3, -0.25) is 9.69 Å². The fraction of sp³-hybridized carbons (Fsp3) is 0.457. The van der Waals surface area contributed by atoms with Gasteiger partial charge in [-0.1, -0.05) is 50.7 Å².